The maximum absolute atomic E-state index is 12.5. The number of likely N-dealkylation sites (N-methyl/N-ethyl adjacent to an activating group) is 1. The summed E-state index contributed by atoms with van der Waals surface area (Å²) in [6, 6.07) is 14.0. The third kappa shape index (κ3) is 4.37. The number of rotatable bonds is 5. The monoisotopic (exact) mass is 447 g/mol. The molecule has 3 nitrogen and oxygen atoms in total. The predicted octanol–water partition coefficient (Wildman–Crippen LogP) is 5.56. The summed E-state index contributed by atoms with van der Waals surface area (Å²) in [4.78, 5) is 14.7. The normalized spacial score (nSPS) is 15.8. The average molecular weight is 448 g/mol. The van der Waals surface area contributed by atoms with Crippen LogP contribution in [0, 0.1) is 6.92 Å². The lowest BCUT2D eigenvalue weighted by atomic mass is 10.1. The molecule has 1 heterocycles. The van der Waals surface area contributed by atoms with Crippen molar-refractivity contribution in [1.82, 2.24) is 4.90 Å². The fraction of sp³-hybridized carbons (Fsp3) is 0.200. The van der Waals surface area contributed by atoms with Crippen molar-refractivity contribution in [2.75, 3.05) is 6.54 Å². The minimum Gasteiger partial charge on any atom is -0.488 e. The van der Waals surface area contributed by atoms with E-state index < -0.39 is 0 Å². The molecule has 6 heteroatoms. The number of halogens is 1. The molecule has 1 saturated heterocycles. The summed E-state index contributed by atoms with van der Waals surface area (Å²) >= 11 is 10.1. The number of amides is 1. The highest BCUT2D eigenvalue weighted by molar-refractivity contribution is 9.10. The minimum atomic E-state index is -0.0491. The number of thioether (sulfide) groups is 1. The van der Waals surface area contributed by atoms with Gasteiger partial charge in [-0.1, -0.05) is 69.7 Å². The molecule has 0 unspecified atom stereocenters. The van der Waals surface area contributed by atoms with Gasteiger partial charge in [0.05, 0.1) is 4.91 Å². The molecular weight excluding hydrogens is 430 g/mol. The van der Waals surface area contributed by atoms with E-state index in [9.17, 15) is 4.79 Å². The second-order valence-corrected chi connectivity index (χ2v) is 8.47. The fourth-order valence-corrected chi connectivity index (χ4v) is 4.28. The number of carbonyl (C=O) groups is 1. The first-order valence-corrected chi connectivity index (χ1v) is 10.2. The zero-order valence-corrected chi connectivity index (χ0v) is 17.7. The number of ether oxygens (including phenoxy) is 1. The SMILES string of the molecule is CCN1C(=O)/C(=C\c2cc(Br)ccc2OCc2ccc(C)cc2)SC1=S. The number of hydrogen-bond acceptors (Lipinski definition) is 4. The van der Waals surface area contributed by atoms with Crippen LogP contribution in [0.4, 0.5) is 0 Å². The Labute approximate surface area is 171 Å². The van der Waals surface area contributed by atoms with E-state index in [4.69, 9.17) is 17.0 Å². The van der Waals surface area contributed by atoms with E-state index in [0.29, 0.717) is 22.4 Å². The van der Waals surface area contributed by atoms with Crippen LogP contribution in [0.2, 0.25) is 0 Å². The Hall–Kier alpha value is -1.63. The van der Waals surface area contributed by atoms with Crippen LogP contribution in [0.25, 0.3) is 6.08 Å². The molecule has 2 aromatic rings. The van der Waals surface area contributed by atoms with Crippen LogP contribution in [0.5, 0.6) is 5.75 Å². The maximum Gasteiger partial charge on any atom is 0.266 e. The van der Waals surface area contributed by atoms with Gasteiger partial charge in [-0.2, -0.15) is 0 Å². The van der Waals surface area contributed by atoms with Crippen molar-refractivity contribution in [1.29, 1.82) is 0 Å². The molecule has 0 bridgehead atoms. The van der Waals surface area contributed by atoms with Gasteiger partial charge in [0, 0.05) is 16.6 Å². The van der Waals surface area contributed by atoms with E-state index in [1.54, 1.807) is 4.90 Å². The quantitative estimate of drug-likeness (QED) is 0.443. The van der Waals surface area contributed by atoms with E-state index in [-0.39, 0.29) is 5.91 Å². The second-order valence-electron chi connectivity index (χ2n) is 5.88. The van der Waals surface area contributed by atoms with Gasteiger partial charge in [0.25, 0.3) is 5.91 Å². The Morgan fingerprint density at radius 3 is 2.62 bits per heavy atom. The molecule has 0 N–H and O–H groups in total. The standard InChI is InChI=1S/C20H18BrNO2S2/c1-3-22-19(23)18(26-20(22)25)11-15-10-16(21)8-9-17(15)24-12-14-6-4-13(2)5-7-14/h4-11H,3,12H2,1-2H3/b18-11+. The average Bonchev–Trinajstić information content (AvgIpc) is 2.88. The first-order chi connectivity index (χ1) is 12.5. The van der Waals surface area contributed by atoms with E-state index >= 15 is 0 Å². The van der Waals surface area contributed by atoms with Crippen LogP contribution in [0.1, 0.15) is 23.6 Å². The zero-order chi connectivity index (χ0) is 18.7. The van der Waals surface area contributed by atoms with Gasteiger partial charge in [0.2, 0.25) is 0 Å². The lowest BCUT2D eigenvalue weighted by Crippen LogP contribution is -2.27. The van der Waals surface area contributed by atoms with Crippen molar-refractivity contribution in [3.8, 4) is 5.75 Å². The number of aryl methyl sites for hydroxylation is 1. The number of carbonyl (C=O) groups excluding carboxylic acids is 1. The third-order valence-corrected chi connectivity index (χ3v) is 5.83. The molecule has 1 aliphatic heterocycles. The zero-order valence-electron chi connectivity index (χ0n) is 14.5. The molecule has 1 fully saturated rings. The summed E-state index contributed by atoms with van der Waals surface area (Å²) in [5.74, 6) is 0.683. The third-order valence-electron chi connectivity index (χ3n) is 3.96. The Bertz CT molecular complexity index is 878. The van der Waals surface area contributed by atoms with Crippen molar-refractivity contribution in [2.45, 2.75) is 20.5 Å². The van der Waals surface area contributed by atoms with Gasteiger partial charge >= 0.3 is 0 Å². The molecular formula is C20H18BrNO2S2. The molecule has 1 amide bonds. The Kier molecular flexibility index (Phi) is 6.16. The molecule has 0 aliphatic carbocycles. The molecule has 0 atom stereocenters. The molecule has 2 aromatic carbocycles. The fourth-order valence-electron chi connectivity index (χ4n) is 2.52. The van der Waals surface area contributed by atoms with Crippen LogP contribution >= 0.6 is 39.9 Å². The molecule has 0 aromatic heterocycles. The highest BCUT2D eigenvalue weighted by Gasteiger charge is 2.30. The van der Waals surface area contributed by atoms with Crippen molar-refractivity contribution in [3.63, 3.8) is 0 Å². The van der Waals surface area contributed by atoms with Gasteiger partial charge < -0.3 is 4.74 Å². The van der Waals surface area contributed by atoms with E-state index in [2.05, 4.69) is 47.1 Å². The van der Waals surface area contributed by atoms with Crippen LogP contribution in [-0.2, 0) is 11.4 Å². The van der Waals surface area contributed by atoms with Crippen LogP contribution in [0.15, 0.2) is 51.8 Å². The molecule has 26 heavy (non-hydrogen) atoms. The van der Waals surface area contributed by atoms with Gasteiger partial charge in [0.1, 0.15) is 16.7 Å². The van der Waals surface area contributed by atoms with Crippen LogP contribution in [-0.4, -0.2) is 21.7 Å². The van der Waals surface area contributed by atoms with Gasteiger partial charge in [-0.3, -0.25) is 9.69 Å². The smallest absolute Gasteiger partial charge is 0.266 e. The Morgan fingerprint density at radius 1 is 1.23 bits per heavy atom. The topological polar surface area (TPSA) is 29.5 Å². The van der Waals surface area contributed by atoms with E-state index in [0.717, 1.165) is 21.3 Å². The molecule has 3 rings (SSSR count). The molecule has 0 radical (unpaired) electrons. The number of nitrogens with zero attached hydrogens (tertiary/aromatic N) is 1. The largest absolute Gasteiger partial charge is 0.488 e. The lowest BCUT2D eigenvalue weighted by molar-refractivity contribution is -0.121. The highest BCUT2D eigenvalue weighted by Crippen LogP contribution is 2.35. The van der Waals surface area contributed by atoms with Crippen molar-refractivity contribution in [3.05, 3.63) is 68.5 Å². The summed E-state index contributed by atoms with van der Waals surface area (Å²) in [6.45, 7) is 5.03. The predicted molar refractivity (Wildman–Crippen MR) is 115 cm³/mol. The van der Waals surface area contributed by atoms with Crippen molar-refractivity contribution < 1.29 is 9.53 Å². The number of benzene rings is 2. The molecule has 0 saturated carbocycles. The summed E-state index contributed by atoms with van der Waals surface area (Å²) in [5, 5.41) is 0. The summed E-state index contributed by atoms with van der Waals surface area (Å²) in [5.41, 5.74) is 3.17. The summed E-state index contributed by atoms with van der Waals surface area (Å²) in [6.07, 6.45) is 1.85. The molecule has 1 aliphatic rings. The minimum absolute atomic E-state index is 0.0491. The van der Waals surface area contributed by atoms with Gasteiger partial charge in [-0.25, -0.2) is 0 Å². The van der Waals surface area contributed by atoms with Crippen LogP contribution in [0.3, 0.4) is 0 Å². The first kappa shape index (κ1) is 19.1. The first-order valence-electron chi connectivity index (χ1n) is 8.21. The van der Waals surface area contributed by atoms with Crippen molar-refractivity contribution in [2.24, 2.45) is 0 Å². The van der Waals surface area contributed by atoms with Crippen molar-refractivity contribution >= 4 is 56.2 Å². The second kappa shape index (κ2) is 8.37. The number of thiocarbonyl (C=S) groups is 1. The summed E-state index contributed by atoms with van der Waals surface area (Å²) < 4.78 is 7.54. The highest BCUT2D eigenvalue weighted by atomic mass is 79.9. The molecule has 0 spiro atoms. The van der Waals surface area contributed by atoms with Gasteiger partial charge in [0.15, 0.2) is 0 Å². The summed E-state index contributed by atoms with van der Waals surface area (Å²) in [7, 11) is 0. The van der Waals surface area contributed by atoms with E-state index in [1.807, 2.05) is 31.2 Å². The van der Waals surface area contributed by atoms with Crippen LogP contribution < -0.4 is 4.74 Å². The Morgan fingerprint density at radius 2 is 1.96 bits per heavy atom. The van der Waals surface area contributed by atoms with Gasteiger partial charge in [-0.05, 0) is 43.7 Å². The Balaban J connectivity index is 1.84. The van der Waals surface area contributed by atoms with E-state index in [1.165, 1.54) is 17.3 Å². The molecule has 134 valence electrons. The van der Waals surface area contributed by atoms with Gasteiger partial charge in [-0.15, -0.1) is 0 Å². The maximum atomic E-state index is 12.5. The lowest BCUT2D eigenvalue weighted by Gasteiger charge is -2.11. The number of hydrogen-bond donors (Lipinski definition) is 0.